The Morgan fingerprint density at radius 1 is 1.00 bits per heavy atom. The zero-order valence-electron chi connectivity index (χ0n) is 10.5. The van der Waals surface area contributed by atoms with E-state index in [-0.39, 0.29) is 5.82 Å². The third-order valence-electron chi connectivity index (χ3n) is 3.01. The molecular weight excluding hydrogens is 239 g/mol. The van der Waals surface area contributed by atoms with E-state index >= 15 is 0 Å². The Morgan fingerprint density at radius 2 is 1.84 bits per heavy atom. The average Bonchev–Trinajstić information content (AvgIpc) is 2.88. The molecule has 2 aromatic carbocycles. The highest BCUT2D eigenvalue weighted by atomic mass is 19.1. The van der Waals surface area contributed by atoms with Gasteiger partial charge in [-0.05, 0) is 30.7 Å². The van der Waals surface area contributed by atoms with Gasteiger partial charge in [-0.25, -0.2) is 9.07 Å². The molecule has 0 saturated carbocycles. The van der Waals surface area contributed by atoms with Gasteiger partial charge in [0.25, 0.3) is 0 Å². The lowest BCUT2D eigenvalue weighted by atomic mass is 10.1. The highest BCUT2D eigenvalue weighted by Crippen LogP contribution is 2.21. The maximum absolute atomic E-state index is 13.2. The molecule has 0 fully saturated rings. The SMILES string of the molecule is Cc1cccc(-c2cnn(-c3cccc(F)c3)c2)c1. The molecule has 0 radical (unpaired) electrons. The normalized spacial score (nSPS) is 10.6. The van der Waals surface area contributed by atoms with Crippen molar-refractivity contribution in [1.82, 2.24) is 9.78 Å². The third-order valence-corrected chi connectivity index (χ3v) is 3.01. The lowest BCUT2D eigenvalue weighted by Crippen LogP contribution is -1.94. The van der Waals surface area contributed by atoms with E-state index in [1.807, 2.05) is 24.4 Å². The van der Waals surface area contributed by atoms with Gasteiger partial charge in [-0.3, -0.25) is 0 Å². The first-order valence-corrected chi connectivity index (χ1v) is 6.10. The van der Waals surface area contributed by atoms with Crippen molar-refractivity contribution in [3.63, 3.8) is 0 Å². The second-order valence-corrected chi connectivity index (χ2v) is 4.52. The Bertz CT molecular complexity index is 656. The number of aryl methyl sites for hydroxylation is 1. The maximum atomic E-state index is 13.2. The van der Waals surface area contributed by atoms with Crippen molar-refractivity contribution in [2.45, 2.75) is 6.92 Å². The van der Waals surface area contributed by atoms with E-state index < -0.39 is 0 Å². The minimum atomic E-state index is -0.259. The summed E-state index contributed by atoms with van der Waals surface area (Å²) in [6.07, 6.45) is 3.70. The average molecular weight is 252 g/mol. The van der Waals surface area contributed by atoms with Crippen LogP contribution in [0.5, 0.6) is 0 Å². The second kappa shape index (κ2) is 4.69. The highest BCUT2D eigenvalue weighted by molar-refractivity contribution is 5.63. The van der Waals surface area contributed by atoms with Crippen molar-refractivity contribution >= 4 is 0 Å². The van der Waals surface area contributed by atoms with Gasteiger partial charge in [-0.2, -0.15) is 5.10 Å². The van der Waals surface area contributed by atoms with Crippen LogP contribution in [0.25, 0.3) is 16.8 Å². The van der Waals surface area contributed by atoms with Crippen molar-refractivity contribution in [1.29, 1.82) is 0 Å². The van der Waals surface area contributed by atoms with Crippen molar-refractivity contribution in [2.75, 3.05) is 0 Å². The summed E-state index contributed by atoms with van der Waals surface area (Å²) in [5.74, 6) is -0.259. The summed E-state index contributed by atoms with van der Waals surface area (Å²) in [5, 5.41) is 4.28. The van der Waals surface area contributed by atoms with E-state index in [1.54, 1.807) is 16.9 Å². The number of benzene rings is 2. The lowest BCUT2D eigenvalue weighted by Gasteiger charge is -2.01. The smallest absolute Gasteiger partial charge is 0.125 e. The number of hydrogen-bond acceptors (Lipinski definition) is 1. The van der Waals surface area contributed by atoms with E-state index in [0.717, 1.165) is 16.8 Å². The number of halogens is 1. The molecule has 2 nitrogen and oxygen atoms in total. The molecule has 0 aliphatic heterocycles. The zero-order chi connectivity index (χ0) is 13.2. The highest BCUT2D eigenvalue weighted by Gasteiger charge is 2.04. The number of nitrogens with zero attached hydrogens (tertiary/aromatic N) is 2. The van der Waals surface area contributed by atoms with Gasteiger partial charge >= 0.3 is 0 Å². The molecule has 3 rings (SSSR count). The zero-order valence-corrected chi connectivity index (χ0v) is 10.5. The molecule has 1 heterocycles. The first-order valence-electron chi connectivity index (χ1n) is 6.10. The number of hydrogen-bond donors (Lipinski definition) is 0. The van der Waals surface area contributed by atoms with Gasteiger partial charge in [-0.15, -0.1) is 0 Å². The van der Waals surface area contributed by atoms with Crippen LogP contribution >= 0.6 is 0 Å². The standard InChI is InChI=1S/C16H13FN2/c1-12-4-2-5-13(8-12)14-10-18-19(11-14)16-7-3-6-15(17)9-16/h2-11H,1H3. The molecule has 0 amide bonds. The van der Waals surface area contributed by atoms with Gasteiger partial charge in [0.15, 0.2) is 0 Å². The molecule has 0 atom stereocenters. The number of rotatable bonds is 2. The van der Waals surface area contributed by atoms with Gasteiger partial charge in [0, 0.05) is 11.8 Å². The molecule has 3 aromatic rings. The molecule has 94 valence electrons. The van der Waals surface area contributed by atoms with Crippen LogP contribution in [-0.4, -0.2) is 9.78 Å². The van der Waals surface area contributed by atoms with Crippen LogP contribution in [0.2, 0.25) is 0 Å². The predicted molar refractivity (Wildman–Crippen MR) is 73.7 cm³/mol. The molecular formula is C16H13FN2. The maximum Gasteiger partial charge on any atom is 0.125 e. The summed E-state index contributed by atoms with van der Waals surface area (Å²) in [5.41, 5.74) is 4.06. The van der Waals surface area contributed by atoms with Gasteiger partial charge < -0.3 is 0 Å². The molecule has 0 N–H and O–H groups in total. The van der Waals surface area contributed by atoms with Gasteiger partial charge in [0.2, 0.25) is 0 Å². The topological polar surface area (TPSA) is 17.8 Å². The van der Waals surface area contributed by atoms with E-state index in [1.165, 1.54) is 17.7 Å². The van der Waals surface area contributed by atoms with Crippen molar-refractivity contribution in [2.24, 2.45) is 0 Å². The number of aromatic nitrogens is 2. The fourth-order valence-electron chi connectivity index (χ4n) is 2.06. The Balaban J connectivity index is 2.00. The van der Waals surface area contributed by atoms with Crippen LogP contribution in [0.1, 0.15) is 5.56 Å². The Kier molecular flexibility index (Phi) is 2.88. The Hall–Kier alpha value is -2.42. The molecule has 0 bridgehead atoms. The molecule has 0 aliphatic carbocycles. The first kappa shape index (κ1) is 11.7. The summed E-state index contributed by atoms with van der Waals surface area (Å²) in [7, 11) is 0. The van der Waals surface area contributed by atoms with Gasteiger partial charge in [0.05, 0.1) is 11.9 Å². The van der Waals surface area contributed by atoms with Crippen molar-refractivity contribution in [3.8, 4) is 16.8 Å². The minimum Gasteiger partial charge on any atom is -0.240 e. The quantitative estimate of drug-likeness (QED) is 0.674. The first-order chi connectivity index (χ1) is 9.22. The van der Waals surface area contributed by atoms with E-state index in [4.69, 9.17) is 0 Å². The summed E-state index contributed by atoms with van der Waals surface area (Å²) in [6, 6.07) is 14.6. The third kappa shape index (κ3) is 2.40. The van der Waals surface area contributed by atoms with Crippen LogP contribution in [0.4, 0.5) is 4.39 Å². The van der Waals surface area contributed by atoms with Crippen LogP contribution in [0, 0.1) is 12.7 Å². The molecule has 0 aliphatic rings. The summed E-state index contributed by atoms with van der Waals surface area (Å²) >= 11 is 0. The monoisotopic (exact) mass is 252 g/mol. The summed E-state index contributed by atoms with van der Waals surface area (Å²) in [6.45, 7) is 2.06. The predicted octanol–water partition coefficient (Wildman–Crippen LogP) is 3.99. The molecule has 3 heteroatoms. The molecule has 0 saturated heterocycles. The fraction of sp³-hybridized carbons (Fsp3) is 0.0625. The van der Waals surface area contributed by atoms with E-state index in [0.29, 0.717) is 0 Å². The molecule has 1 aromatic heterocycles. The van der Waals surface area contributed by atoms with Crippen LogP contribution < -0.4 is 0 Å². The summed E-state index contributed by atoms with van der Waals surface area (Å²) in [4.78, 5) is 0. The van der Waals surface area contributed by atoms with Crippen LogP contribution in [0.15, 0.2) is 60.9 Å². The van der Waals surface area contributed by atoms with Gasteiger partial charge in [-0.1, -0.05) is 35.9 Å². The van der Waals surface area contributed by atoms with Crippen molar-refractivity contribution < 1.29 is 4.39 Å². The molecule has 0 spiro atoms. The Morgan fingerprint density at radius 3 is 2.63 bits per heavy atom. The molecule has 0 unspecified atom stereocenters. The lowest BCUT2D eigenvalue weighted by molar-refractivity contribution is 0.625. The molecule has 19 heavy (non-hydrogen) atoms. The largest absolute Gasteiger partial charge is 0.240 e. The summed E-state index contributed by atoms with van der Waals surface area (Å²) < 4.78 is 14.9. The van der Waals surface area contributed by atoms with E-state index in [9.17, 15) is 4.39 Å². The fourth-order valence-corrected chi connectivity index (χ4v) is 2.06. The Labute approximate surface area is 111 Å². The van der Waals surface area contributed by atoms with Crippen LogP contribution in [-0.2, 0) is 0 Å². The minimum absolute atomic E-state index is 0.259. The van der Waals surface area contributed by atoms with E-state index in [2.05, 4.69) is 24.2 Å². The second-order valence-electron chi connectivity index (χ2n) is 4.52. The van der Waals surface area contributed by atoms with Crippen LogP contribution in [0.3, 0.4) is 0 Å². The van der Waals surface area contributed by atoms with Crippen molar-refractivity contribution in [3.05, 3.63) is 72.3 Å². The van der Waals surface area contributed by atoms with Gasteiger partial charge in [0.1, 0.15) is 5.82 Å².